The highest BCUT2D eigenvalue weighted by molar-refractivity contribution is 9.09. The molecular formula is C9H4BrCl2NO. The number of hydrogen-bond acceptors (Lipinski definition) is 2. The predicted molar refractivity (Wildman–Crippen MR) is 59.3 cm³/mol. The fraction of sp³-hybridized carbons (Fsp3) is 0.111. The second kappa shape index (κ2) is 4.79. The average molecular weight is 293 g/mol. The summed E-state index contributed by atoms with van der Waals surface area (Å²) in [5, 5.41) is 9.40. The minimum Gasteiger partial charge on any atom is -0.293 e. The van der Waals surface area contributed by atoms with Gasteiger partial charge in [-0.3, -0.25) is 4.79 Å². The number of ketones is 1. The van der Waals surface area contributed by atoms with Crippen LogP contribution in [-0.2, 0) is 0 Å². The van der Waals surface area contributed by atoms with Crippen molar-refractivity contribution in [1.29, 1.82) is 5.26 Å². The number of nitrogens with zero attached hydrogens (tertiary/aromatic N) is 1. The molecule has 0 unspecified atom stereocenters. The second-order valence-corrected chi connectivity index (χ2v) is 3.82. The molecule has 0 amide bonds. The topological polar surface area (TPSA) is 40.9 Å². The third-order valence-corrected chi connectivity index (χ3v) is 2.75. The SMILES string of the molecule is N#Cc1c(Cl)ccc(Cl)c1C(=O)CBr. The lowest BCUT2D eigenvalue weighted by Crippen LogP contribution is -2.04. The van der Waals surface area contributed by atoms with Gasteiger partial charge in [0.15, 0.2) is 5.78 Å². The Balaban J connectivity index is 3.47. The summed E-state index contributed by atoms with van der Waals surface area (Å²) < 4.78 is 0. The fourth-order valence-corrected chi connectivity index (χ4v) is 1.74. The predicted octanol–water partition coefficient (Wildman–Crippen LogP) is 3.44. The molecule has 0 aromatic heterocycles. The molecule has 2 nitrogen and oxygen atoms in total. The van der Waals surface area contributed by atoms with E-state index >= 15 is 0 Å². The molecule has 1 aromatic carbocycles. The van der Waals surface area contributed by atoms with Crippen LogP contribution in [0.2, 0.25) is 10.0 Å². The van der Waals surface area contributed by atoms with Crippen molar-refractivity contribution in [2.24, 2.45) is 0 Å². The Morgan fingerprint density at radius 2 is 2.00 bits per heavy atom. The molecule has 5 heteroatoms. The molecule has 0 radical (unpaired) electrons. The van der Waals surface area contributed by atoms with Gasteiger partial charge in [-0.05, 0) is 12.1 Å². The number of alkyl halides is 1. The van der Waals surface area contributed by atoms with Crippen LogP contribution in [0.4, 0.5) is 0 Å². The Labute approximate surface area is 99.6 Å². The van der Waals surface area contributed by atoms with E-state index in [-0.39, 0.29) is 32.3 Å². The minimum atomic E-state index is -0.256. The summed E-state index contributed by atoms with van der Waals surface area (Å²) in [6, 6.07) is 4.86. The Hall–Kier alpha value is -0.560. The third kappa shape index (κ3) is 2.09. The minimum absolute atomic E-state index is 0.113. The smallest absolute Gasteiger partial charge is 0.176 e. The molecule has 0 spiro atoms. The van der Waals surface area contributed by atoms with Crippen LogP contribution in [0.1, 0.15) is 15.9 Å². The highest BCUT2D eigenvalue weighted by Crippen LogP contribution is 2.27. The standard InChI is InChI=1S/C9H4BrCl2NO/c10-3-8(14)9-5(4-13)6(11)1-2-7(9)12/h1-2H,3H2. The van der Waals surface area contributed by atoms with Crippen molar-refractivity contribution in [3.8, 4) is 6.07 Å². The van der Waals surface area contributed by atoms with Gasteiger partial charge in [0.05, 0.1) is 26.5 Å². The van der Waals surface area contributed by atoms with Crippen LogP contribution in [0.25, 0.3) is 0 Å². The van der Waals surface area contributed by atoms with Crippen LogP contribution < -0.4 is 0 Å². The van der Waals surface area contributed by atoms with E-state index in [2.05, 4.69) is 15.9 Å². The number of Topliss-reactive ketones (excluding diaryl/α,β-unsaturated/α-hetero) is 1. The van der Waals surface area contributed by atoms with E-state index in [0.29, 0.717) is 0 Å². The largest absolute Gasteiger partial charge is 0.293 e. The summed E-state index contributed by atoms with van der Waals surface area (Å²) in [7, 11) is 0. The zero-order valence-corrected chi connectivity index (χ0v) is 9.95. The number of benzene rings is 1. The Bertz CT molecular complexity index is 426. The van der Waals surface area contributed by atoms with Crippen LogP contribution in [0.3, 0.4) is 0 Å². The first-order valence-electron chi connectivity index (χ1n) is 3.59. The first kappa shape index (κ1) is 11.5. The molecule has 0 saturated heterocycles. The Kier molecular flexibility index (Phi) is 3.94. The van der Waals surface area contributed by atoms with Crippen molar-refractivity contribution < 1.29 is 4.79 Å². The zero-order chi connectivity index (χ0) is 10.7. The van der Waals surface area contributed by atoms with E-state index in [1.807, 2.05) is 6.07 Å². The lowest BCUT2D eigenvalue weighted by atomic mass is 10.1. The fourth-order valence-electron chi connectivity index (χ4n) is 1.00. The summed E-state index contributed by atoms with van der Waals surface area (Å²) in [5.74, 6) is -0.256. The average Bonchev–Trinajstić information content (AvgIpc) is 2.19. The number of halogens is 3. The molecule has 72 valence electrons. The molecule has 0 N–H and O–H groups in total. The third-order valence-electron chi connectivity index (χ3n) is 1.62. The number of carbonyl (C=O) groups excluding carboxylic acids is 1. The number of nitriles is 1. The van der Waals surface area contributed by atoms with E-state index in [1.165, 1.54) is 12.1 Å². The highest BCUT2D eigenvalue weighted by Gasteiger charge is 2.16. The molecule has 1 rings (SSSR count). The van der Waals surface area contributed by atoms with Gasteiger partial charge in [-0.25, -0.2) is 0 Å². The normalized spacial score (nSPS) is 9.57. The van der Waals surface area contributed by atoms with Crippen LogP contribution in [0.15, 0.2) is 12.1 Å². The maximum atomic E-state index is 11.4. The lowest BCUT2D eigenvalue weighted by molar-refractivity contribution is 0.102. The van der Waals surface area contributed by atoms with Crippen LogP contribution in [0, 0.1) is 11.3 Å². The molecule has 14 heavy (non-hydrogen) atoms. The Morgan fingerprint density at radius 1 is 1.43 bits per heavy atom. The van der Waals surface area contributed by atoms with Gasteiger partial charge in [0, 0.05) is 0 Å². The quantitative estimate of drug-likeness (QED) is 0.619. The van der Waals surface area contributed by atoms with Crippen LogP contribution in [-0.4, -0.2) is 11.1 Å². The molecule has 0 aliphatic heterocycles. The van der Waals surface area contributed by atoms with Crippen molar-refractivity contribution in [3.63, 3.8) is 0 Å². The van der Waals surface area contributed by atoms with Gasteiger partial charge < -0.3 is 0 Å². The van der Waals surface area contributed by atoms with Crippen molar-refractivity contribution in [1.82, 2.24) is 0 Å². The van der Waals surface area contributed by atoms with Crippen molar-refractivity contribution in [2.45, 2.75) is 0 Å². The van der Waals surface area contributed by atoms with Gasteiger partial charge in [-0.2, -0.15) is 5.26 Å². The van der Waals surface area contributed by atoms with E-state index in [9.17, 15) is 4.79 Å². The first-order chi connectivity index (χ1) is 6.61. The van der Waals surface area contributed by atoms with Crippen molar-refractivity contribution in [2.75, 3.05) is 5.33 Å². The number of carbonyl (C=O) groups is 1. The lowest BCUT2D eigenvalue weighted by Gasteiger charge is -2.04. The van der Waals surface area contributed by atoms with Gasteiger partial charge in [-0.1, -0.05) is 39.1 Å². The molecule has 0 heterocycles. The first-order valence-corrected chi connectivity index (χ1v) is 5.46. The summed E-state index contributed by atoms with van der Waals surface area (Å²) in [4.78, 5) is 11.4. The number of hydrogen-bond donors (Lipinski definition) is 0. The molecular weight excluding hydrogens is 289 g/mol. The van der Waals surface area contributed by atoms with E-state index < -0.39 is 0 Å². The van der Waals surface area contributed by atoms with Crippen molar-refractivity contribution in [3.05, 3.63) is 33.3 Å². The summed E-state index contributed by atoms with van der Waals surface area (Å²) in [6.45, 7) is 0. The van der Waals surface area contributed by atoms with Gasteiger partial charge in [0.2, 0.25) is 0 Å². The molecule has 0 aliphatic carbocycles. The molecule has 0 aliphatic rings. The maximum Gasteiger partial charge on any atom is 0.176 e. The van der Waals surface area contributed by atoms with Crippen LogP contribution in [0.5, 0.6) is 0 Å². The van der Waals surface area contributed by atoms with Gasteiger partial charge >= 0.3 is 0 Å². The van der Waals surface area contributed by atoms with Crippen molar-refractivity contribution >= 4 is 44.9 Å². The molecule has 1 aromatic rings. The molecule has 0 atom stereocenters. The summed E-state index contributed by atoms with van der Waals surface area (Å²) in [5.41, 5.74) is 0.308. The molecule has 0 bridgehead atoms. The monoisotopic (exact) mass is 291 g/mol. The summed E-state index contributed by atoms with van der Waals surface area (Å²) >= 11 is 14.6. The molecule has 0 saturated carbocycles. The summed E-state index contributed by atoms with van der Waals surface area (Å²) in [6.07, 6.45) is 0. The maximum absolute atomic E-state index is 11.4. The van der Waals surface area contributed by atoms with Gasteiger partial charge in [0.1, 0.15) is 6.07 Å². The van der Waals surface area contributed by atoms with Gasteiger partial charge in [0.25, 0.3) is 0 Å². The zero-order valence-electron chi connectivity index (χ0n) is 6.85. The molecule has 0 fully saturated rings. The second-order valence-electron chi connectivity index (χ2n) is 2.45. The number of rotatable bonds is 2. The van der Waals surface area contributed by atoms with Gasteiger partial charge in [-0.15, -0.1) is 0 Å². The highest BCUT2D eigenvalue weighted by atomic mass is 79.9. The van der Waals surface area contributed by atoms with E-state index in [4.69, 9.17) is 28.5 Å². The van der Waals surface area contributed by atoms with Crippen LogP contribution >= 0.6 is 39.1 Å². The van der Waals surface area contributed by atoms with E-state index in [1.54, 1.807) is 0 Å². The van der Waals surface area contributed by atoms with E-state index in [0.717, 1.165) is 0 Å². The Morgan fingerprint density at radius 3 is 2.50 bits per heavy atom.